The molecule has 0 aliphatic heterocycles. The van der Waals surface area contributed by atoms with Gasteiger partial charge in [0.05, 0.1) is 6.26 Å². The maximum Gasteiger partial charge on any atom is 0.226 e. The molecule has 5 nitrogen and oxygen atoms in total. The highest BCUT2D eigenvalue weighted by Crippen LogP contribution is 2.15. The van der Waals surface area contributed by atoms with Gasteiger partial charge in [0, 0.05) is 12.8 Å². The fourth-order valence-electron chi connectivity index (χ4n) is 1.32. The van der Waals surface area contributed by atoms with Crippen molar-refractivity contribution in [2.75, 3.05) is 5.32 Å². The summed E-state index contributed by atoms with van der Waals surface area (Å²) in [7, 11) is 0. The predicted molar refractivity (Wildman–Crippen MR) is 64.9 cm³/mol. The summed E-state index contributed by atoms with van der Waals surface area (Å²) in [5.74, 6) is 0.742. The van der Waals surface area contributed by atoms with Crippen molar-refractivity contribution >= 4 is 22.4 Å². The van der Waals surface area contributed by atoms with Crippen molar-refractivity contribution in [3.63, 3.8) is 0 Å². The van der Waals surface area contributed by atoms with Crippen LogP contribution in [0.3, 0.4) is 0 Å². The summed E-state index contributed by atoms with van der Waals surface area (Å²) in [5, 5.41) is 12.0. The van der Waals surface area contributed by atoms with Gasteiger partial charge in [0.15, 0.2) is 0 Å². The lowest BCUT2D eigenvalue weighted by molar-refractivity contribution is -0.116. The summed E-state index contributed by atoms with van der Waals surface area (Å²) in [6.07, 6.45) is 3.41. The summed E-state index contributed by atoms with van der Waals surface area (Å²) < 4.78 is 5.15. The van der Waals surface area contributed by atoms with Gasteiger partial charge >= 0.3 is 0 Å². The van der Waals surface area contributed by atoms with Gasteiger partial charge in [-0.15, -0.1) is 10.2 Å². The molecular weight excluding hydrogens is 238 g/mol. The highest BCUT2D eigenvalue weighted by Gasteiger charge is 2.08. The molecule has 1 amide bonds. The SMILES string of the molecule is CCc1nnc(NC(=O)CCc2ccco2)s1. The van der Waals surface area contributed by atoms with E-state index in [4.69, 9.17) is 4.42 Å². The molecule has 90 valence electrons. The van der Waals surface area contributed by atoms with Crippen molar-refractivity contribution in [1.82, 2.24) is 10.2 Å². The van der Waals surface area contributed by atoms with Crippen molar-refractivity contribution in [3.05, 3.63) is 29.2 Å². The maximum atomic E-state index is 11.6. The molecule has 2 aromatic rings. The van der Waals surface area contributed by atoms with Crippen LogP contribution < -0.4 is 5.32 Å². The molecule has 2 rings (SSSR count). The van der Waals surface area contributed by atoms with Crippen LogP contribution in [-0.4, -0.2) is 16.1 Å². The highest BCUT2D eigenvalue weighted by molar-refractivity contribution is 7.15. The third-order valence-electron chi connectivity index (χ3n) is 2.19. The van der Waals surface area contributed by atoms with E-state index in [1.807, 2.05) is 19.1 Å². The first kappa shape index (κ1) is 11.8. The Morgan fingerprint density at radius 1 is 1.53 bits per heavy atom. The molecule has 2 aromatic heterocycles. The number of aromatic nitrogens is 2. The molecule has 1 N–H and O–H groups in total. The number of anilines is 1. The van der Waals surface area contributed by atoms with Gasteiger partial charge in [-0.3, -0.25) is 4.79 Å². The van der Waals surface area contributed by atoms with Crippen molar-refractivity contribution in [1.29, 1.82) is 0 Å². The maximum absolute atomic E-state index is 11.6. The second kappa shape index (κ2) is 5.58. The zero-order valence-corrected chi connectivity index (χ0v) is 10.3. The van der Waals surface area contributed by atoms with Crippen molar-refractivity contribution < 1.29 is 9.21 Å². The molecule has 0 aliphatic carbocycles. The number of carbonyl (C=O) groups excluding carboxylic acids is 1. The molecule has 0 fully saturated rings. The lowest BCUT2D eigenvalue weighted by atomic mass is 10.2. The Morgan fingerprint density at radius 2 is 2.41 bits per heavy atom. The quantitative estimate of drug-likeness (QED) is 0.885. The molecule has 0 radical (unpaired) electrons. The van der Waals surface area contributed by atoms with E-state index in [2.05, 4.69) is 15.5 Å². The number of carbonyl (C=O) groups is 1. The van der Waals surface area contributed by atoms with Crippen LogP contribution in [0.2, 0.25) is 0 Å². The van der Waals surface area contributed by atoms with Gasteiger partial charge in [0.1, 0.15) is 10.8 Å². The summed E-state index contributed by atoms with van der Waals surface area (Å²) in [4.78, 5) is 11.6. The van der Waals surface area contributed by atoms with E-state index in [1.54, 1.807) is 6.26 Å². The average molecular weight is 251 g/mol. The first-order chi connectivity index (χ1) is 8.28. The Labute approximate surface area is 103 Å². The first-order valence-electron chi connectivity index (χ1n) is 5.42. The van der Waals surface area contributed by atoms with E-state index < -0.39 is 0 Å². The van der Waals surface area contributed by atoms with Crippen LogP contribution in [0.25, 0.3) is 0 Å². The minimum Gasteiger partial charge on any atom is -0.469 e. The zero-order valence-electron chi connectivity index (χ0n) is 9.47. The van der Waals surface area contributed by atoms with E-state index >= 15 is 0 Å². The van der Waals surface area contributed by atoms with Gasteiger partial charge in [-0.1, -0.05) is 18.3 Å². The molecule has 0 aliphatic rings. The number of rotatable bonds is 5. The van der Waals surface area contributed by atoms with Crippen LogP contribution in [0.15, 0.2) is 22.8 Å². The van der Waals surface area contributed by atoms with Gasteiger partial charge in [0.25, 0.3) is 0 Å². The number of furan rings is 1. The second-order valence-electron chi connectivity index (χ2n) is 3.48. The van der Waals surface area contributed by atoms with E-state index in [0.29, 0.717) is 18.0 Å². The molecule has 17 heavy (non-hydrogen) atoms. The fraction of sp³-hybridized carbons (Fsp3) is 0.364. The van der Waals surface area contributed by atoms with Gasteiger partial charge in [-0.25, -0.2) is 0 Å². The van der Waals surface area contributed by atoms with E-state index in [1.165, 1.54) is 11.3 Å². The zero-order chi connectivity index (χ0) is 12.1. The number of hydrogen-bond donors (Lipinski definition) is 1. The standard InChI is InChI=1S/C11H13N3O2S/c1-2-10-13-14-11(17-10)12-9(15)6-5-8-4-3-7-16-8/h3-4,7H,2,5-6H2,1H3,(H,12,14,15). The minimum atomic E-state index is -0.0693. The Morgan fingerprint density at radius 3 is 3.06 bits per heavy atom. The summed E-state index contributed by atoms with van der Waals surface area (Å²) in [6.45, 7) is 2.00. The number of hydrogen-bond acceptors (Lipinski definition) is 5. The largest absolute Gasteiger partial charge is 0.469 e. The topological polar surface area (TPSA) is 68.0 Å². The summed E-state index contributed by atoms with van der Waals surface area (Å²) in [6, 6.07) is 3.67. The molecule has 0 atom stereocenters. The van der Waals surface area contributed by atoms with E-state index in [-0.39, 0.29) is 5.91 Å². The van der Waals surface area contributed by atoms with Crippen molar-refractivity contribution in [2.45, 2.75) is 26.2 Å². The van der Waals surface area contributed by atoms with Crippen LogP contribution in [-0.2, 0) is 17.6 Å². The van der Waals surface area contributed by atoms with Crippen molar-refractivity contribution in [2.24, 2.45) is 0 Å². The average Bonchev–Trinajstić information content (AvgIpc) is 2.97. The molecule has 0 spiro atoms. The molecule has 0 aromatic carbocycles. The van der Waals surface area contributed by atoms with Gasteiger partial charge in [-0.05, 0) is 18.6 Å². The molecule has 0 bridgehead atoms. The third-order valence-corrected chi connectivity index (χ3v) is 3.18. The van der Waals surface area contributed by atoms with Crippen LogP contribution >= 0.6 is 11.3 Å². The minimum absolute atomic E-state index is 0.0693. The Kier molecular flexibility index (Phi) is 3.87. The third kappa shape index (κ3) is 3.39. The molecule has 0 saturated carbocycles. The first-order valence-corrected chi connectivity index (χ1v) is 6.24. The monoisotopic (exact) mass is 251 g/mol. The van der Waals surface area contributed by atoms with Gasteiger partial charge in [-0.2, -0.15) is 0 Å². The number of nitrogens with zero attached hydrogens (tertiary/aromatic N) is 2. The van der Waals surface area contributed by atoms with E-state index in [9.17, 15) is 4.79 Å². The highest BCUT2D eigenvalue weighted by atomic mass is 32.1. The second-order valence-corrected chi connectivity index (χ2v) is 4.54. The van der Waals surface area contributed by atoms with Crippen LogP contribution in [0, 0.1) is 0 Å². The molecule has 6 heteroatoms. The molecule has 0 unspecified atom stereocenters. The summed E-state index contributed by atoms with van der Waals surface area (Å²) >= 11 is 1.41. The normalized spacial score (nSPS) is 10.4. The molecular formula is C11H13N3O2S. The van der Waals surface area contributed by atoms with Crippen molar-refractivity contribution in [3.8, 4) is 0 Å². The van der Waals surface area contributed by atoms with Gasteiger partial charge in [0.2, 0.25) is 11.0 Å². The predicted octanol–water partition coefficient (Wildman–Crippen LogP) is 2.26. The number of nitrogens with one attached hydrogen (secondary N) is 1. The van der Waals surface area contributed by atoms with Crippen LogP contribution in [0.4, 0.5) is 5.13 Å². The summed E-state index contributed by atoms with van der Waals surface area (Å²) in [5.41, 5.74) is 0. The number of aryl methyl sites for hydroxylation is 2. The lowest BCUT2D eigenvalue weighted by Gasteiger charge is -1.98. The smallest absolute Gasteiger partial charge is 0.226 e. The lowest BCUT2D eigenvalue weighted by Crippen LogP contribution is -2.11. The molecule has 0 saturated heterocycles. The Balaban J connectivity index is 1.81. The van der Waals surface area contributed by atoms with Gasteiger partial charge < -0.3 is 9.73 Å². The Bertz CT molecular complexity index is 479. The number of amides is 1. The fourth-order valence-corrected chi connectivity index (χ4v) is 2.02. The Hall–Kier alpha value is -1.69. The van der Waals surface area contributed by atoms with E-state index in [0.717, 1.165) is 17.2 Å². The van der Waals surface area contributed by atoms with Crippen LogP contribution in [0.5, 0.6) is 0 Å². The molecule has 2 heterocycles. The van der Waals surface area contributed by atoms with Crippen LogP contribution in [0.1, 0.15) is 24.1 Å².